The van der Waals surface area contributed by atoms with Crippen molar-refractivity contribution in [2.45, 2.75) is 25.2 Å². The lowest BCUT2D eigenvalue weighted by Gasteiger charge is -2.26. The average molecular weight is 514 g/mol. The molecule has 35 heavy (non-hydrogen) atoms. The van der Waals surface area contributed by atoms with Crippen LogP contribution in [-0.2, 0) is 10.0 Å². The Kier molecular flexibility index (Phi) is 8.84. The number of aromatic nitrogens is 1. The van der Waals surface area contributed by atoms with Crippen molar-refractivity contribution in [3.8, 4) is 0 Å². The molecule has 1 aromatic heterocycles. The summed E-state index contributed by atoms with van der Waals surface area (Å²) in [6, 6.07) is 18.2. The number of nitrogens with one attached hydrogen (secondary N) is 3. The zero-order valence-electron chi connectivity index (χ0n) is 19.5. The maximum Gasteiger partial charge on any atom is 0.285 e. The third-order valence-corrected chi connectivity index (χ3v) is 6.65. The first-order chi connectivity index (χ1) is 16.6. The number of carbonyl (C=O) groups is 1. The molecule has 0 aliphatic heterocycles. The molecular formula is C25H28ClN5O3S. The summed E-state index contributed by atoms with van der Waals surface area (Å²) in [5, 5.41) is 9.58. The Labute approximate surface area is 210 Å². The number of sulfonamides is 1. The highest BCUT2D eigenvalue weighted by Crippen LogP contribution is 2.19. The lowest BCUT2D eigenvalue weighted by atomic mass is 9.89. The molecule has 0 atom stereocenters. The first-order valence-corrected chi connectivity index (χ1v) is 12.8. The minimum Gasteiger partial charge on any atom is -0.355 e. The minimum atomic E-state index is -3.93. The number of halogens is 1. The first kappa shape index (κ1) is 26.2. The second kappa shape index (κ2) is 11.8. The van der Waals surface area contributed by atoms with Crippen LogP contribution < -0.4 is 16.0 Å². The van der Waals surface area contributed by atoms with Gasteiger partial charge in [-0.2, -0.15) is 8.42 Å². The van der Waals surface area contributed by atoms with Crippen LogP contribution in [0.2, 0.25) is 5.02 Å². The van der Waals surface area contributed by atoms with Crippen molar-refractivity contribution < 1.29 is 13.2 Å². The monoisotopic (exact) mass is 513 g/mol. The van der Waals surface area contributed by atoms with Gasteiger partial charge in [-0.1, -0.05) is 43.6 Å². The molecule has 0 bridgehead atoms. The zero-order valence-corrected chi connectivity index (χ0v) is 21.1. The molecule has 0 saturated heterocycles. The van der Waals surface area contributed by atoms with Gasteiger partial charge in [0, 0.05) is 29.9 Å². The van der Waals surface area contributed by atoms with Crippen LogP contribution in [0.4, 0.5) is 5.69 Å². The van der Waals surface area contributed by atoms with Gasteiger partial charge < -0.3 is 16.0 Å². The maximum atomic E-state index is 12.8. The van der Waals surface area contributed by atoms with Gasteiger partial charge in [0.15, 0.2) is 0 Å². The molecule has 0 fully saturated rings. The van der Waals surface area contributed by atoms with E-state index in [-0.39, 0.29) is 22.2 Å². The van der Waals surface area contributed by atoms with E-state index in [9.17, 15) is 13.2 Å². The molecule has 0 radical (unpaired) electrons. The Morgan fingerprint density at radius 2 is 1.71 bits per heavy atom. The highest BCUT2D eigenvalue weighted by atomic mass is 35.5. The van der Waals surface area contributed by atoms with Crippen LogP contribution >= 0.6 is 11.6 Å². The second-order valence-electron chi connectivity index (χ2n) is 8.63. The molecule has 0 unspecified atom stereocenters. The van der Waals surface area contributed by atoms with E-state index in [1.54, 1.807) is 67.0 Å². The van der Waals surface area contributed by atoms with Crippen molar-refractivity contribution in [1.82, 2.24) is 15.6 Å². The summed E-state index contributed by atoms with van der Waals surface area (Å²) < 4.78 is 29.6. The topological polar surface area (TPSA) is 113 Å². The van der Waals surface area contributed by atoms with Crippen LogP contribution in [0, 0.1) is 5.41 Å². The fraction of sp³-hybridized carbons (Fsp3) is 0.240. The van der Waals surface area contributed by atoms with Gasteiger partial charge in [0.05, 0.1) is 16.8 Å². The van der Waals surface area contributed by atoms with Gasteiger partial charge in [-0.05, 0) is 60.4 Å². The third-order valence-electron chi connectivity index (χ3n) is 5.10. The number of hydrogen-bond acceptors (Lipinski definition) is 4. The molecule has 184 valence electrons. The highest BCUT2D eigenvalue weighted by molar-refractivity contribution is 7.90. The van der Waals surface area contributed by atoms with Gasteiger partial charge in [-0.25, -0.2) is 0 Å². The fourth-order valence-corrected chi connectivity index (χ4v) is 4.15. The molecule has 3 aromatic rings. The molecule has 8 nitrogen and oxygen atoms in total. The van der Waals surface area contributed by atoms with E-state index in [0.717, 1.165) is 0 Å². The molecule has 1 amide bonds. The summed E-state index contributed by atoms with van der Waals surface area (Å²) >= 11 is 5.87. The van der Waals surface area contributed by atoms with Gasteiger partial charge in [-0.15, -0.1) is 4.40 Å². The summed E-state index contributed by atoms with van der Waals surface area (Å²) in [4.78, 5) is 16.5. The lowest BCUT2D eigenvalue weighted by molar-refractivity contribution is 0.0948. The quantitative estimate of drug-likeness (QED) is 0.290. The molecule has 1 heterocycles. The van der Waals surface area contributed by atoms with Crippen LogP contribution in [0.25, 0.3) is 0 Å². The Morgan fingerprint density at radius 3 is 2.37 bits per heavy atom. The molecule has 0 spiro atoms. The molecule has 10 heteroatoms. The maximum absolute atomic E-state index is 12.8. The van der Waals surface area contributed by atoms with Gasteiger partial charge >= 0.3 is 0 Å². The lowest BCUT2D eigenvalue weighted by Crippen LogP contribution is -2.40. The summed E-state index contributed by atoms with van der Waals surface area (Å²) in [5.41, 5.74) is 0.836. The minimum absolute atomic E-state index is 0.0835. The van der Waals surface area contributed by atoms with Gasteiger partial charge in [-0.3, -0.25) is 9.78 Å². The molecule has 0 saturated carbocycles. The van der Waals surface area contributed by atoms with Crippen molar-refractivity contribution in [2.75, 3.05) is 18.4 Å². The van der Waals surface area contributed by atoms with Crippen molar-refractivity contribution in [2.24, 2.45) is 9.81 Å². The molecule has 3 N–H and O–H groups in total. The first-order valence-electron chi connectivity index (χ1n) is 11.0. The number of hydrogen-bond donors (Lipinski definition) is 3. The van der Waals surface area contributed by atoms with E-state index in [2.05, 4.69) is 25.3 Å². The van der Waals surface area contributed by atoms with Crippen molar-refractivity contribution in [1.29, 1.82) is 0 Å². The number of pyridine rings is 1. The number of anilines is 1. The van der Waals surface area contributed by atoms with Crippen molar-refractivity contribution >= 4 is 39.2 Å². The number of benzene rings is 2. The molecule has 0 aliphatic rings. The van der Waals surface area contributed by atoms with Gasteiger partial charge in [0.2, 0.25) is 5.96 Å². The number of guanidine groups is 1. The third kappa shape index (κ3) is 8.38. The molecule has 2 aromatic carbocycles. The standard InChI is InChI=1S/C25H28ClN5O3S/c1-25(2,14-16-28-23(32)19-10-12-20(26)13-11-19)18-29-24(30-21-7-6-15-27-17-21)31-35(33,34)22-8-4-3-5-9-22/h3-13,15,17H,14,16,18H2,1-2H3,(H,28,32)(H2,29,30,31). The van der Waals surface area contributed by atoms with Crippen molar-refractivity contribution in [3.05, 3.63) is 89.7 Å². The normalized spacial score (nSPS) is 12.1. The van der Waals surface area contributed by atoms with E-state index < -0.39 is 10.0 Å². The predicted molar refractivity (Wildman–Crippen MR) is 139 cm³/mol. The van der Waals surface area contributed by atoms with Gasteiger partial charge in [0.25, 0.3) is 15.9 Å². The number of amides is 1. The Balaban J connectivity index is 1.65. The van der Waals surface area contributed by atoms with E-state index >= 15 is 0 Å². The highest BCUT2D eigenvalue weighted by Gasteiger charge is 2.21. The van der Waals surface area contributed by atoms with Crippen LogP contribution in [0.3, 0.4) is 0 Å². The summed E-state index contributed by atoms with van der Waals surface area (Å²) in [6.45, 7) is 4.88. The van der Waals surface area contributed by atoms with E-state index in [0.29, 0.717) is 35.8 Å². The molecule has 3 rings (SSSR count). The summed E-state index contributed by atoms with van der Waals surface area (Å²) in [5.74, 6) is -0.0972. The van der Waals surface area contributed by atoms with E-state index in [1.165, 1.54) is 12.1 Å². The molecular weight excluding hydrogens is 486 g/mol. The fourth-order valence-electron chi connectivity index (χ4n) is 3.07. The zero-order chi connectivity index (χ0) is 25.3. The summed E-state index contributed by atoms with van der Waals surface area (Å²) in [6.07, 6.45) is 3.84. The molecule has 0 aliphatic carbocycles. The van der Waals surface area contributed by atoms with Gasteiger partial charge in [0.1, 0.15) is 0 Å². The Bertz CT molecular complexity index is 1250. The van der Waals surface area contributed by atoms with Crippen LogP contribution in [0.5, 0.6) is 0 Å². The number of rotatable bonds is 9. The Morgan fingerprint density at radius 1 is 1.00 bits per heavy atom. The van der Waals surface area contributed by atoms with Crippen LogP contribution in [0.15, 0.2) is 88.4 Å². The van der Waals surface area contributed by atoms with Crippen molar-refractivity contribution in [3.63, 3.8) is 0 Å². The van der Waals surface area contributed by atoms with Crippen LogP contribution in [-0.4, -0.2) is 38.4 Å². The SMILES string of the molecule is CC(C)(CCNC(=O)c1ccc(Cl)cc1)CNC(=NS(=O)(=O)c1ccccc1)Nc1cccnc1. The Hall–Kier alpha value is -3.43. The average Bonchev–Trinajstić information content (AvgIpc) is 2.84. The second-order valence-corrected chi connectivity index (χ2v) is 10.7. The predicted octanol–water partition coefficient (Wildman–Crippen LogP) is 4.33. The summed E-state index contributed by atoms with van der Waals surface area (Å²) in [7, 11) is -3.93. The smallest absolute Gasteiger partial charge is 0.285 e. The van der Waals surface area contributed by atoms with E-state index in [1.807, 2.05) is 13.8 Å². The van der Waals surface area contributed by atoms with E-state index in [4.69, 9.17) is 11.6 Å². The number of carbonyl (C=O) groups excluding carboxylic acids is 1. The number of nitrogens with zero attached hydrogens (tertiary/aromatic N) is 2. The van der Waals surface area contributed by atoms with Crippen LogP contribution in [0.1, 0.15) is 30.6 Å². The largest absolute Gasteiger partial charge is 0.355 e.